The van der Waals surface area contributed by atoms with E-state index in [1.165, 1.54) is 10.9 Å². The van der Waals surface area contributed by atoms with E-state index < -0.39 is 0 Å². The molecular formula is C20H22ClN4O2+. The Balaban J connectivity index is 1.71. The molecule has 2 N–H and O–H groups in total. The van der Waals surface area contributed by atoms with Gasteiger partial charge in [0.2, 0.25) is 5.91 Å². The Morgan fingerprint density at radius 1 is 1.19 bits per heavy atom. The monoisotopic (exact) mass is 385 g/mol. The maximum Gasteiger partial charge on any atom is 0.261 e. The first-order chi connectivity index (χ1) is 13.0. The zero-order chi connectivity index (χ0) is 19.4. The lowest BCUT2D eigenvalue weighted by Gasteiger charge is -2.23. The summed E-state index contributed by atoms with van der Waals surface area (Å²) >= 11 is 6.30. The highest BCUT2D eigenvalue weighted by Crippen LogP contribution is 2.20. The van der Waals surface area contributed by atoms with Crippen molar-refractivity contribution in [1.29, 1.82) is 0 Å². The quantitative estimate of drug-likeness (QED) is 0.666. The molecule has 2 aromatic carbocycles. The van der Waals surface area contributed by atoms with E-state index in [1.807, 2.05) is 44.4 Å². The molecular weight excluding hydrogens is 364 g/mol. The molecule has 0 saturated carbocycles. The van der Waals surface area contributed by atoms with Crippen molar-refractivity contribution in [2.45, 2.75) is 12.6 Å². The van der Waals surface area contributed by atoms with Crippen LogP contribution in [0.2, 0.25) is 5.02 Å². The molecule has 0 radical (unpaired) electrons. The molecule has 1 heterocycles. The van der Waals surface area contributed by atoms with Crippen LogP contribution in [0.25, 0.3) is 10.9 Å². The van der Waals surface area contributed by atoms with Crippen LogP contribution in [0.3, 0.4) is 0 Å². The third-order valence-corrected chi connectivity index (χ3v) is 4.87. The summed E-state index contributed by atoms with van der Waals surface area (Å²) in [6.45, 7) is 0.343. The van der Waals surface area contributed by atoms with Gasteiger partial charge in [-0.25, -0.2) is 4.98 Å². The number of aromatic nitrogens is 2. The van der Waals surface area contributed by atoms with E-state index in [9.17, 15) is 9.59 Å². The molecule has 0 fully saturated rings. The fourth-order valence-corrected chi connectivity index (χ4v) is 3.30. The molecule has 0 unspecified atom stereocenters. The minimum absolute atomic E-state index is 0.00843. The Morgan fingerprint density at radius 2 is 1.89 bits per heavy atom. The van der Waals surface area contributed by atoms with E-state index in [-0.39, 0.29) is 24.1 Å². The van der Waals surface area contributed by atoms with E-state index >= 15 is 0 Å². The second kappa shape index (κ2) is 8.33. The van der Waals surface area contributed by atoms with E-state index in [2.05, 4.69) is 10.3 Å². The molecule has 1 aromatic heterocycles. The van der Waals surface area contributed by atoms with Gasteiger partial charge in [0.15, 0.2) is 0 Å². The molecule has 6 nitrogen and oxygen atoms in total. The molecule has 0 aliphatic heterocycles. The van der Waals surface area contributed by atoms with Gasteiger partial charge in [0, 0.05) is 10.6 Å². The molecule has 140 valence electrons. The summed E-state index contributed by atoms with van der Waals surface area (Å²) in [5, 5.41) is 4.08. The topological polar surface area (TPSA) is 68.4 Å². The van der Waals surface area contributed by atoms with Crippen LogP contribution in [0, 0.1) is 0 Å². The highest BCUT2D eigenvalue weighted by Gasteiger charge is 2.21. The number of rotatable bonds is 6. The lowest BCUT2D eigenvalue weighted by atomic mass is 10.1. The average Bonchev–Trinajstić information content (AvgIpc) is 2.65. The smallest absolute Gasteiger partial charge is 0.261 e. The normalized spacial score (nSPS) is 12.3. The standard InChI is InChI=1S/C20H21ClN4O2/c1-24(2)18(14-7-3-5-9-16(14)21)11-22-19(26)12-25-13-23-17-10-6-4-8-15(17)20(25)27/h3-10,13,18H,11-12H2,1-2H3,(H,22,26)/p+1/t18-/m1/s1. The molecule has 1 atom stereocenters. The number of para-hydroxylation sites is 1. The SMILES string of the molecule is C[NH+](C)[C@H](CNC(=O)Cn1cnc2ccccc2c1=O)c1ccccc1Cl. The summed E-state index contributed by atoms with van der Waals surface area (Å²) in [5.41, 5.74) is 1.37. The van der Waals surface area contributed by atoms with Gasteiger partial charge in [0.1, 0.15) is 12.6 Å². The highest BCUT2D eigenvalue weighted by molar-refractivity contribution is 6.31. The largest absolute Gasteiger partial charge is 0.348 e. The highest BCUT2D eigenvalue weighted by atomic mass is 35.5. The van der Waals surface area contributed by atoms with E-state index in [4.69, 9.17) is 11.6 Å². The first-order valence-electron chi connectivity index (χ1n) is 8.72. The van der Waals surface area contributed by atoms with Crippen LogP contribution in [0.4, 0.5) is 0 Å². The number of amides is 1. The zero-order valence-electron chi connectivity index (χ0n) is 15.3. The van der Waals surface area contributed by atoms with Gasteiger partial charge < -0.3 is 10.2 Å². The summed E-state index contributed by atoms with van der Waals surface area (Å²) in [6, 6.07) is 14.7. The van der Waals surface area contributed by atoms with Crippen molar-refractivity contribution in [2.75, 3.05) is 20.6 Å². The summed E-state index contributed by atoms with van der Waals surface area (Å²) in [4.78, 5) is 30.3. The van der Waals surface area contributed by atoms with Crippen LogP contribution < -0.4 is 15.8 Å². The average molecular weight is 386 g/mol. The predicted octanol–water partition coefficient (Wildman–Crippen LogP) is 1.05. The Kier molecular flexibility index (Phi) is 5.88. The molecule has 0 spiro atoms. The number of fused-ring (bicyclic) bond motifs is 1. The first-order valence-corrected chi connectivity index (χ1v) is 9.10. The van der Waals surface area contributed by atoms with Gasteiger partial charge >= 0.3 is 0 Å². The van der Waals surface area contributed by atoms with Crippen molar-refractivity contribution >= 4 is 28.4 Å². The van der Waals surface area contributed by atoms with Crippen molar-refractivity contribution in [3.63, 3.8) is 0 Å². The van der Waals surface area contributed by atoms with Crippen LogP contribution >= 0.6 is 11.6 Å². The number of quaternary nitrogens is 1. The van der Waals surface area contributed by atoms with Gasteiger partial charge in [-0.1, -0.05) is 41.9 Å². The molecule has 1 amide bonds. The van der Waals surface area contributed by atoms with Crippen LogP contribution in [-0.2, 0) is 11.3 Å². The molecule has 0 aliphatic rings. The van der Waals surface area contributed by atoms with Gasteiger partial charge in [-0.15, -0.1) is 0 Å². The summed E-state index contributed by atoms with van der Waals surface area (Å²) in [6.07, 6.45) is 1.41. The minimum atomic E-state index is -0.243. The van der Waals surface area contributed by atoms with Gasteiger partial charge in [-0.05, 0) is 18.2 Å². The van der Waals surface area contributed by atoms with Gasteiger partial charge in [0.25, 0.3) is 5.56 Å². The van der Waals surface area contributed by atoms with E-state index in [1.54, 1.807) is 18.2 Å². The number of hydrogen-bond donors (Lipinski definition) is 2. The van der Waals surface area contributed by atoms with Gasteiger partial charge in [0.05, 0.1) is 37.9 Å². The van der Waals surface area contributed by atoms with Crippen LogP contribution in [-0.4, -0.2) is 36.1 Å². The first kappa shape index (κ1) is 19.1. The van der Waals surface area contributed by atoms with Crippen LogP contribution in [0.1, 0.15) is 11.6 Å². The lowest BCUT2D eigenvalue weighted by Crippen LogP contribution is -3.07. The van der Waals surface area contributed by atoms with E-state index in [0.29, 0.717) is 22.5 Å². The number of hydrogen-bond acceptors (Lipinski definition) is 3. The molecule has 0 saturated heterocycles. The van der Waals surface area contributed by atoms with Crippen LogP contribution in [0.5, 0.6) is 0 Å². The van der Waals surface area contributed by atoms with Crippen molar-refractivity contribution in [3.05, 3.63) is 75.8 Å². The number of benzene rings is 2. The van der Waals surface area contributed by atoms with Gasteiger partial charge in [-0.3, -0.25) is 14.2 Å². The summed E-state index contributed by atoms with van der Waals surface area (Å²) in [7, 11) is 4.02. The number of likely N-dealkylation sites (N-methyl/N-ethyl adjacent to an activating group) is 1. The Bertz CT molecular complexity index is 1020. The second-order valence-electron chi connectivity index (χ2n) is 6.65. The lowest BCUT2D eigenvalue weighted by molar-refractivity contribution is -0.890. The number of carbonyl (C=O) groups is 1. The predicted molar refractivity (Wildman–Crippen MR) is 106 cm³/mol. The third kappa shape index (κ3) is 4.35. The zero-order valence-corrected chi connectivity index (χ0v) is 16.0. The number of carbonyl (C=O) groups excluding carboxylic acids is 1. The fourth-order valence-electron chi connectivity index (χ4n) is 3.03. The Hall–Kier alpha value is -2.70. The Morgan fingerprint density at radius 3 is 2.63 bits per heavy atom. The molecule has 7 heteroatoms. The van der Waals surface area contributed by atoms with Crippen molar-refractivity contribution < 1.29 is 9.69 Å². The molecule has 0 aliphatic carbocycles. The maximum absolute atomic E-state index is 12.5. The maximum atomic E-state index is 12.5. The molecule has 3 aromatic rings. The molecule has 27 heavy (non-hydrogen) atoms. The fraction of sp³-hybridized carbons (Fsp3) is 0.250. The Labute approximate surface area is 162 Å². The minimum Gasteiger partial charge on any atom is -0.348 e. The van der Waals surface area contributed by atoms with E-state index in [0.717, 1.165) is 10.5 Å². The number of halogens is 1. The number of nitrogens with zero attached hydrogens (tertiary/aromatic N) is 2. The molecule has 3 rings (SSSR count). The van der Waals surface area contributed by atoms with Gasteiger partial charge in [-0.2, -0.15) is 0 Å². The van der Waals surface area contributed by atoms with Crippen LogP contribution in [0.15, 0.2) is 59.7 Å². The molecule has 0 bridgehead atoms. The summed E-state index contributed by atoms with van der Waals surface area (Å²) < 4.78 is 1.32. The number of nitrogens with one attached hydrogen (secondary N) is 2. The van der Waals surface area contributed by atoms with Crippen molar-refractivity contribution in [2.24, 2.45) is 0 Å². The third-order valence-electron chi connectivity index (χ3n) is 4.53. The second-order valence-corrected chi connectivity index (χ2v) is 7.06. The summed E-state index contributed by atoms with van der Waals surface area (Å²) in [5.74, 6) is -0.243. The van der Waals surface area contributed by atoms with Crippen molar-refractivity contribution in [3.8, 4) is 0 Å². The van der Waals surface area contributed by atoms with Crippen molar-refractivity contribution in [1.82, 2.24) is 14.9 Å².